The van der Waals surface area contributed by atoms with E-state index in [1.54, 1.807) is 19.8 Å². The number of likely N-dealkylation sites (tertiary alicyclic amines) is 1. The predicted molar refractivity (Wildman–Crippen MR) is 84.4 cm³/mol. The highest BCUT2D eigenvalue weighted by Gasteiger charge is 2.48. The highest BCUT2D eigenvalue weighted by Crippen LogP contribution is 2.48. The van der Waals surface area contributed by atoms with Crippen LogP contribution in [0.4, 0.5) is 0 Å². The Hall–Kier alpha value is -0.900. The number of rotatable bonds is 4. The lowest BCUT2D eigenvalue weighted by Crippen LogP contribution is -2.59. The third-order valence-corrected chi connectivity index (χ3v) is 5.94. The van der Waals surface area contributed by atoms with Crippen LogP contribution in [0.2, 0.25) is 0 Å². The van der Waals surface area contributed by atoms with Gasteiger partial charge < -0.3 is 9.47 Å². The van der Waals surface area contributed by atoms with Crippen molar-refractivity contribution in [2.45, 2.75) is 44.4 Å². The van der Waals surface area contributed by atoms with E-state index in [9.17, 15) is 0 Å². The summed E-state index contributed by atoms with van der Waals surface area (Å²) in [6.07, 6.45) is 2.23. The number of hydrogen-bond donors (Lipinski definition) is 0. The zero-order valence-corrected chi connectivity index (χ0v) is 13.6. The molecule has 1 aliphatic carbocycles. The molecule has 1 heterocycles. The first-order valence-corrected chi connectivity index (χ1v) is 7.98. The van der Waals surface area contributed by atoms with E-state index in [1.165, 1.54) is 12.0 Å². The molecule has 2 aliphatic rings. The van der Waals surface area contributed by atoms with Gasteiger partial charge in [0.2, 0.25) is 0 Å². The second-order valence-electron chi connectivity index (χ2n) is 6.78. The highest BCUT2D eigenvalue weighted by atomic mass is 16.7. The molecule has 21 heavy (non-hydrogen) atoms. The standard InChI is InChI=1S/C18H27NO2/c1-13-16-11-14-7-5-6-8-15(14)18(13,2)9-10-19(16)12-17(20-3)21-4/h5-8,13,16-17H,9-12H2,1-4H3/t13-,16-,18-/m1/s1. The zero-order chi connectivity index (χ0) is 15.0. The van der Waals surface area contributed by atoms with Gasteiger partial charge >= 0.3 is 0 Å². The fourth-order valence-electron chi connectivity index (χ4n) is 4.34. The second-order valence-corrected chi connectivity index (χ2v) is 6.78. The number of fused-ring (bicyclic) bond motifs is 4. The Morgan fingerprint density at radius 2 is 2.00 bits per heavy atom. The van der Waals surface area contributed by atoms with Crippen LogP contribution in [0.3, 0.4) is 0 Å². The summed E-state index contributed by atoms with van der Waals surface area (Å²) >= 11 is 0. The fraction of sp³-hybridized carbons (Fsp3) is 0.667. The van der Waals surface area contributed by atoms with Gasteiger partial charge in [-0.15, -0.1) is 0 Å². The molecule has 1 fully saturated rings. The Bertz CT molecular complexity index is 500. The summed E-state index contributed by atoms with van der Waals surface area (Å²) in [7, 11) is 3.45. The van der Waals surface area contributed by atoms with Crippen molar-refractivity contribution >= 4 is 0 Å². The van der Waals surface area contributed by atoms with Gasteiger partial charge in [0.05, 0.1) is 0 Å². The van der Waals surface area contributed by atoms with Crippen LogP contribution in [-0.2, 0) is 21.3 Å². The van der Waals surface area contributed by atoms with E-state index in [4.69, 9.17) is 9.47 Å². The molecular weight excluding hydrogens is 262 g/mol. The Morgan fingerprint density at radius 3 is 2.71 bits per heavy atom. The number of nitrogens with zero attached hydrogens (tertiary/aromatic N) is 1. The molecular formula is C18H27NO2. The molecule has 116 valence electrons. The summed E-state index contributed by atoms with van der Waals surface area (Å²) in [5.41, 5.74) is 3.41. The summed E-state index contributed by atoms with van der Waals surface area (Å²) in [5, 5.41) is 0. The average molecular weight is 289 g/mol. The maximum absolute atomic E-state index is 5.41. The first-order chi connectivity index (χ1) is 10.1. The lowest BCUT2D eigenvalue weighted by Gasteiger charge is -2.55. The molecule has 3 rings (SSSR count). The van der Waals surface area contributed by atoms with E-state index in [0.717, 1.165) is 19.5 Å². The quantitative estimate of drug-likeness (QED) is 0.796. The van der Waals surface area contributed by atoms with E-state index in [1.807, 2.05) is 0 Å². The minimum Gasteiger partial charge on any atom is -0.355 e. The lowest BCUT2D eigenvalue weighted by atomic mass is 9.59. The molecule has 3 heteroatoms. The molecule has 0 aromatic heterocycles. The monoisotopic (exact) mass is 289 g/mol. The Morgan fingerprint density at radius 1 is 1.29 bits per heavy atom. The average Bonchev–Trinajstić information content (AvgIpc) is 2.50. The van der Waals surface area contributed by atoms with Crippen LogP contribution in [0.15, 0.2) is 24.3 Å². The molecule has 1 aromatic carbocycles. The third kappa shape index (κ3) is 2.41. The minimum atomic E-state index is -0.126. The number of piperidine rings is 1. The Balaban J connectivity index is 1.88. The van der Waals surface area contributed by atoms with Crippen molar-refractivity contribution < 1.29 is 9.47 Å². The molecule has 1 aliphatic heterocycles. The van der Waals surface area contributed by atoms with Crippen molar-refractivity contribution in [3.05, 3.63) is 35.4 Å². The molecule has 3 atom stereocenters. The third-order valence-electron chi connectivity index (χ3n) is 5.94. The lowest BCUT2D eigenvalue weighted by molar-refractivity contribution is -0.130. The maximum atomic E-state index is 5.41. The van der Waals surface area contributed by atoms with Crippen LogP contribution >= 0.6 is 0 Å². The van der Waals surface area contributed by atoms with Gasteiger partial charge in [-0.1, -0.05) is 38.1 Å². The molecule has 0 N–H and O–H groups in total. The minimum absolute atomic E-state index is 0.126. The van der Waals surface area contributed by atoms with E-state index in [-0.39, 0.29) is 6.29 Å². The van der Waals surface area contributed by atoms with Gasteiger partial charge in [0, 0.05) is 26.8 Å². The summed E-state index contributed by atoms with van der Waals surface area (Å²) < 4.78 is 10.8. The van der Waals surface area contributed by atoms with Gasteiger partial charge in [0.25, 0.3) is 0 Å². The highest BCUT2D eigenvalue weighted by molar-refractivity contribution is 5.39. The first-order valence-electron chi connectivity index (χ1n) is 7.98. The van der Waals surface area contributed by atoms with Crippen molar-refractivity contribution in [1.29, 1.82) is 0 Å². The van der Waals surface area contributed by atoms with Gasteiger partial charge in [-0.3, -0.25) is 4.90 Å². The molecule has 0 spiro atoms. The summed E-state index contributed by atoms with van der Waals surface area (Å²) in [6.45, 7) is 6.86. The van der Waals surface area contributed by atoms with Crippen LogP contribution in [0.1, 0.15) is 31.4 Å². The SMILES string of the molecule is COC(CN1CC[C@@]2(C)c3ccccc3C[C@@H]1[C@H]2C)OC. The van der Waals surface area contributed by atoms with Gasteiger partial charge in [-0.25, -0.2) is 0 Å². The van der Waals surface area contributed by atoms with E-state index in [0.29, 0.717) is 17.4 Å². The van der Waals surface area contributed by atoms with Crippen LogP contribution < -0.4 is 0 Å². The van der Waals surface area contributed by atoms with Crippen LogP contribution in [-0.4, -0.2) is 44.5 Å². The zero-order valence-electron chi connectivity index (χ0n) is 13.6. The summed E-state index contributed by atoms with van der Waals surface area (Å²) in [4.78, 5) is 2.57. The van der Waals surface area contributed by atoms with E-state index < -0.39 is 0 Å². The molecule has 0 saturated carbocycles. The normalized spacial score (nSPS) is 32.2. The van der Waals surface area contributed by atoms with Crippen LogP contribution in [0, 0.1) is 5.92 Å². The topological polar surface area (TPSA) is 21.7 Å². The fourth-order valence-corrected chi connectivity index (χ4v) is 4.34. The smallest absolute Gasteiger partial charge is 0.169 e. The molecule has 0 amide bonds. The van der Waals surface area contributed by atoms with Crippen molar-refractivity contribution in [1.82, 2.24) is 4.90 Å². The van der Waals surface area contributed by atoms with E-state index >= 15 is 0 Å². The molecule has 2 bridgehead atoms. The first kappa shape index (κ1) is 15.0. The van der Waals surface area contributed by atoms with Gasteiger partial charge in [0.1, 0.15) is 0 Å². The maximum Gasteiger partial charge on any atom is 0.169 e. The molecule has 0 unspecified atom stereocenters. The second kappa shape index (κ2) is 5.71. The van der Waals surface area contributed by atoms with Crippen LogP contribution in [0.25, 0.3) is 0 Å². The number of methoxy groups -OCH3 is 2. The largest absolute Gasteiger partial charge is 0.355 e. The van der Waals surface area contributed by atoms with Crippen molar-refractivity contribution in [2.75, 3.05) is 27.3 Å². The Kier molecular flexibility index (Phi) is 4.08. The van der Waals surface area contributed by atoms with Crippen molar-refractivity contribution in [3.63, 3.8) is 0 Å². The van der Waals surface area contributed by atoms with Gasteiger partial charge in [-0.05, 0) is 41.8 Å². The Labute approximate surface area is 128 Å². The van der Waals surface area contributed by atoms with Gasteiger partial charge in [0.15, 0.2) is 6.29 Å². The molecule has 0 radical (unpaired) electrons. The predicted octanol–water partition coefficient (Wildman–Crippen LogP) is 2.83. The van der Waals surface area contributed by atoms with E-state index in [2.05, 4.69) is 43.0 Å². The number of benzene rings is 1. The van der Waals surface area contributed by atoms with Crippen molar-refractivity contribution in [3.8, 4) is 0 Å². The molecule has 1 aromatic rings. The van der Waals surface area contributed by atoms with Gasteiger partial charge in [-0.2, -0.15) is 0 Å². The van der Waals surface area contributed by atoms with Crippen LogP contribution in [0.5, 0.6) is 0 Å². The number of hydrogen-bond acceptors (Lipinski definition) is 3. The number of ether oxygens (including phenoxy) is 2. The van der Waals surface area contributed by atoms with Crippen molar-refractivity contribution in [2.24, 2.45) is 5.92 Å². The molecule has 1 saturated heterocycles. The summed E-state index contributed by atoms with van der Waals surface area (Å²) in [6, 6.07) is 9.59. The summed E-state index contributed by atoms with van der Waals surface area (Å²) in [5.74, 6) is 0.663. The molecule has 3 nitrogen and oxygen atoms in total.